The molecular formula is C10H12F2N2S. The molecule has 5 heteroatoms. The van der Waals surface area contributed by atoms with E-state index in [2.05, 4.69) is 0 Å². The predicted octanol–water partition coefficient (Wildman–Crippen LogP) is 2.75. The number of amidine groups is 1. The van der Waals surface area contributed by atoms with Crippen molar-refractivity contribution >= 4 is 17.6 Å². The summed E-state index contributed by atoms with van der Waals surface area (Å²) in [4.78, 5) is 0.00171. The summed E-state index contributed by atoms with van der Waals surface area (Å²) >= 11 is 1.13. The predicted molar refractivity (Wildman–Crippen MR) is 58.4 cm³/mol. The molecule has 1 rings (SSSR count). The molecule has 0 fully saturated rings. The first-order valence-electron chi connectivity index (χ1n) is 4.52. The first-order valence-corrected chi connectivity index (χ1v) is 5.51. The fraction of sp³-hybridized carbons (Fsp3) is 0.300. The Labute approximate surface area is 91.4 Å². The Morgan fingerprint density at radius 2 is 1.93 bits per heavy atom. The third kappa shape index (κ3) is 2.92. The molecule has 0 saturated heterocycles. The smallest absolute Gasteiger partial charge is 0.140 e. The number of thioether (sulfide) groups is 1. The number of halogens is 2. The lowest BCUT2D eigenvalue weighted by Crippen LogP contribution is -2.12. The van der Waals surface area contributed by atoms with Crippen LogP contribution in [0, 0.1) is 17.0 Å². The zero-order valence-corrected chi connectivity index (χ0v) is 9.13. The van der Waals surface area contributed by atoms with Crippen LogP contribution >= 0.6 is 11.8 Å². The van der Waals surface area contributed by atoms with Gasteiger partial charge in [0.1, 0.15) is 17.5 Å². The zero-order valence-electron chi connectivity index (χ0n) is 8.31. The summed E-state index contributed by atoms with van der Waals surface area (Å²) in [5.41, 5.74) is 5.22. The minimum atomic E-state index is -0.654. The Kier molecular flexibility index (Phi) is 4.08. The molecule has 2 nitrogen and oxygen atoms in total. The Balaban J connectivity index is 3.04. The summed E-state index contributed by atoms with van der Waals surface area (Å²) in [6, 6.07) is 2.17. The summed E-state index contributed by atoms with van der Waals surface area (Å²) < 4.78 is 26.8. The average Bonchev–Trinajstić information content (AvgIpc) is 2.16. The van der Waals surface area contributed by atoms with Crippen LogP contribution in [0.5, 0.6) is 0 Å². The van der Waals surface area contributed by atoms with Crippen molar-refractivity contribution in [3.63, 3.8) is 0 Å². The standard InChI is InChI=1S/C10H12F2N2S/c1-2-3-15-9-7(11)4-6(10(13)14)5-8(9)12/h4-5H,2-3H2,1H3,(H3,13,14). The largest absolute Gasteiger partial charge is 0.384 e. The monoisotopic (exact) mass is 230 g/mol. The molecule has 0 atom stereocenters. The van der Waals surface area contributed by atoms with Gasteiger partial charge >= 0.3 is 0 Å². The molecular weight excluding hydrogens is 218 g/mol. The second kappa shape index (κ2) is 5.11. The first-order chi connectivity index (χ1) is 7.06. The third-order valence-corrected chi connectivity index (χ3v) is 3.05. The van der Waals surface area contributed by atoms with Crippen LogP contribution in [-0.2, 0) is 0 Å². The van der Waals surface area contributed by atoms with E-state index in [0.717, 1.165) is 30.3 Å². The van der Waals surface area contributed by atoms with E-state index in [1.165, 1.54) is 0 Å². The lowest BCUT2D eigenvalue weighted by atomic mass is 10.2. The van der Waals surface area contributed by atoms with Crippen molar-refractivity contribution in [2.24, 2.45) is 5.73 Å². The topological polar surface area (TPSA) is 49.9 Å². The number of hydrogen-bond acceptors (Lipinski definition) is 2. The fourth-order valence-electron chi connectivity index (χ4n) is 1.06. The average molecular weight is 230 g/mol. The molecule has 1 aromatic carbocycles. The van der Waals surface area contributed by atoms with Crippen LogP contribution in [0.1, 0.15) is 18.9 Å². The molecule has 0 heterocycles. The van der Waals surface area contributed by atoms with Crippen LogP contribution in [0.15, 0.2) is 17.0 Å². The minimum Gasteiger partial charge on any atom is -0.384 e. The lowest BCUT2D eigenvalue weighted by Gasteiger charge is -2.06. The highest BCUT2D eigenvalue weighted by atomic mass is 32.2. The molecule has 0 bridgehead atoms. The van der Waals surface area contributed by atoms with Crippen LogP contribution in [0.4, 0.5) is 8.78 Å². The maximum absolute atomic E-state index is 13.4. The number of nitrogen functional groups attached to an aromatic ring is 1. The van der Waals surface area contributed by atoms with Crippen molar-refractivity contribution in [3.05, 3.63) is 29.3 Å². The van der Waals surface area contributed by atoms with Gasteiger partial charge in [-0.2, -0.15) is 0 Å². The summed E-state index contributed by atoms with van der Waals surface area (Å²) in [5.74, 6) is -0.982. The summed E-state index contributed by atoms with van der Waals surface area (Å²) in [6.07, 6.45) is 0.845. The van der Waals surface area contributed by atoms with E-state index < -0.39 is 11.6 Å². The van der Waals surface area contributed by atoms with Gasteiger partial charge in [-0.25, -0.2) is 8.78 Å². The molecule has 1 aromatic rings. The normalized spacial score (nSPS) is 10.3. The highest BCUT2D eigenvalue weighted by Crippen LogP contribution is 2.26. The molecule has 3 N–H and O–H groups in total. The molecule has 0 aromatic heterocycles. The van der Waals surface area contributed by atoms with Crippen LogP contribution in [0.2, 0.25) is 0 Å². The van der Waals surface area contributed by atoms with Crippen molar-refractivity contribution in [1.82, 2.24) is 0 Å². The summed E-state index contributed by atoms with van der Waals surface area (Å²) in [6.45, 7) is 1.94. The van der Waals surface area contributed by atoms with Crippen molar-refractivity contribution in [2.75, 3.05) is 5.75 Å². The van der Waals surface area contributed by atoms with Crippen LogP contribution in [0.25, 0.3) is 0 Å². The van der Waals surface area contributed by atoms with Crippen LogP contribution in [-0.4, -0.2) is 11.6 Å². The van der Waals surface area contributed by atoms with Crippen molar-refractivity contribution in [3.8, 4) is 0 Å². The molecule has 0 aliphatic rings. The number of benzene rings is 1. The highest BCUT2D eigenvalue weighted by molar-refractivity contribution is 7.99. The van der Waals surface area contributed by atoms with Crippen LogP contribution < -0.4 is 5.73 Å². The van der Waals surface area contributed by atoms with E-state index in [9.17, 15) is 8.78 Å². The molecule has 0 unspecified atom stereocenters. The van der Waals surface area contributed by atoms with E-state index in [1.54, 1.807) is 0 Å². The molecule has 15 heavy (non-hydrogen) atoms. The van der Waals surface area contributed by atoms with Crippen molar-refractivity contribution in [1.29, 1.82) is 5.41 Å². The van der Waals surface area contributed by atoms with E-state index >= 15 is 0 Å². The number of hydrogen-bond donors (Lipinski definition) is 2. The van der Waals surface area contributed by atoms with Gasteiger partial charge in [-0.1, -0.05) is 6.92 Å². The lowest BCUT2D eigenvalue weighted by molar-refractivity contribution is 0.540. The Morgan fingerprint density at radius 1 is 1.40 bits per heavy atom. The zero-order chi connectivity index (χ0) is 11.4. The van der Waals surface area contributed by atoms with Gasteiger partial charge in [-0.3, -0.25) is 5.41 Å². The fourth-order valence-corrected chi connectivity index (χ4v) is 1.86. The van der Waals surface area contributed by atoms with E-state index in [4.69, 9.17) is 11.1 Å². The van der Waals surface area contributed by atoms with Crippen LogP contribution in [0.3, 0.4) is 0 Å². The molecule has 0 aliphatic carbocycles. The number of nitrogens with two attached hydrogens (primary N) is 1. The van der Waals surface area contributed by atoms with Gasteiger partial charge in [0.15, 0.2) is 0 Å². The van der Waals surface area contributed by atoms with Gasteiger partial charge in [-0.15, -0.1) is 11.8 Å². The summed E-state index contributed by atoms with van der Waals surface area (Å²) in [5, 5.41) is 7.07. The van der Waals surface area contributed by atoms with Crippen molar-refractivity contribution in [2.45, 2.75) is 18.2 Å². The minimum absolute atomic E-state index is 0.00171. The molecule has 0 aliphatic heterocycles. The summed E-state index contributed by atoms with van der Waals surface area (Å²) in [7, 11) is 0. The van der Waals surface area contributed by atoms with E-state index in [0.29, 0.717) is 5.75 Å². The van der Waals surface area contributed by atoms with Gasteiger partial charge in [0.25, 0.3) is 0 Å². The second-order valence-electron chi connectivity index (χ2n) is 3.03. The maximum atomic E-state index is 13.4. The van der Waals surface area contributed by atoms with Gasteiger partial charge in [0, 0.05) is 5.56 Å². The molecule has 0 amide bonds. The molecule has 0 radical (unpaired) electrons. The Morgan fingerprint density at radius 3 is 2.33 bits per heavy atom. The number of rotatable bonds is 4. The van der Waals surface area contributed by atoms with Gasteiger partial charge in [0.05, 0.1) is 4.90 Å². The van der Waals surface area contributed by atoms with Crippen molar-refractivity contribution < 1.29 is 8.78 Å². The quantitative estimate of drug-likeness (QED) is 0.474. The number of nitrogens with one attached hydrogen (secondary N) is 1. The van der Waals surface area contributed by atoms with E-state index in [-0.39, 0.29) is 16.3 Å². The third-order valence-electron chi connectivity index (χ3n) is 1.76. The van der Waals surface area contributed by atoms with Gasteiger partial charge in [-0.05, 0) is 24.3 Å². The van der Waals surface area contributed by atoms with Gasteiger partial charge in [0.2, 0.25) is 0 Å². The molecule has 0 spiro atoms. The highest BCUT2D eigenvalue weighted by Gasteiger charge is 2.12. The first kappa shape index (κ1) is 12.0. The SMILES string of the molecule is CCCSc1c(F)cc(C(=N)N)cc1F. The Hall–Kier alpha value is -1.10. The van der Waals surface area contributed by atoms with E-state index in [1.807, 2.05) is 6.92 Å². The Bertz CT molecular complexity index is 357. The maximum Gasteiger partial charge on any atom is 0.140 e. The molecule has 0 saturated carbocycles. The molecule has 82 valence electrons. The second-order valence-corrected chi connectivity index (χ2v) is 4.14. The van der Waals surface area contributed by atoms with Gasteiger partial charge < -0.3 is 5.73 Å².